The van der Waals surface area contributed by atoms with E-state index in [0.717, 1.165) is 57.4 Å². The third-order valence-corrected chi connectivity index (χ3v) is 7.96. The molecule has 0 aliphatic carbocycles. The van der Waals surface area contributed by atoms with E-state index >= 15 is 0 Å². The van der Waals surface area contributed by atoms with Gasteiger partial charge in [0.1, 0.15) is 23.9 Å². The van der Waals surface area contributed by atoms with Crippen molar-refractivity contribution in [2.45, 2.75) is 52.1 Å². The van der Waals surface area contributed by atoms with E-state index in [-0.39, 0.29) is 12.2 Å². The fourth-order valence-electron chi connectivity index (χ4n) is 3.35. The number of anilines is 1. The van der Waals surface area contributed by atoms with Crippen molar-refractivity contribution in [1.82, 2.24) is 5.32 Å². The molecule has 0 aromatic carbocycles. The number of carbonyl (C=O) groups excluding carboxylic acids is 2. The van der Waals surface area contributed by atoms with Gasteiger partial charge in [0.05, 0.1) is 31.4 Å². The van der Waals surface area contributed by atoms with Crippen LogP contribution in [0, 0.1) is 11.3 Å². The number of hydrogen-bond acceptors (Lipinski definition) is 10. The number of nitriles is 1. The van der Waals surface area contributed by atoms with E-state index in [2.05, 4.69) is 5.32 Å². The molecule has 0 unspecified atom stereocenters. The molecular weight excluding hydrogens is 574 g/mol. The number of ether oxygens (including phenoxy) is 4. The molecule has 2 aromatic rings. The topological polar surface area (TPSA) is 110 Å². The largest absolute Gasteiger partial charge is 0.456 e. The Balaban J connectivity index is 1.63. The lowest BCUT2D eigenvalue weighted by atomic mass is 10.2. The van der Waals surface area contributed by atoms with Crippen LogP contribution in [-0.4, -0.2) is 76.7 Å². The van der Waals surface area contributed by atoms with Gasteiger partial charge in [0.15, 0.2) is 0 Å². The van der Waals surface area contributed by atoms with E-state index in [0.29, 0.717) is 32.9 Å². The molecule has 2 rings (SSSR count). The summed E-state index contributed by atoms with van der Waals surface area (Å²) in [6, 6.07) is 5.93. The third-order valence-electron chi connectivity index (χ3n) is 5.34. The summed E-state index contributed by atoms with van der Waals surface area (Å²) < 4.78 is 23.6. The van der Waals surface area contributed by atoms with E-state index in [9.17, 15) is 14.9 Å². The Labute approximate surface area is 250 Å². The molecule has 222 valence electrons. The maximum absolute atomic E-state index is 12.2. The number of likely N-dealkylation sites (N-methyl/N-ethyl adjacent to an activating group) is 1. The number of amides is 1. The first kappa shape index (κ1) is 33.8. The third kappa shape index (κ3) is 13.3. The number of esters is 1. The SMILES string of the molecule is CN(CCOC(=O)NCCOCCOCCCCCCCl)c1cc2sc(/C=C(\C#N)C(=O)OC(C)(C)C)cc2s1. The Morgan fingerprint density at radius 1 is 1.02 bits per heavy atom. The minimum Gasteiger partial charge on any atom is -0.456 e. The Kier molecular flexibility index (Phi) is 15.4. The molecule has 0 bridgehead atoms. The highest BCUT2D eigenvalue weighted by Gasteiger charge is 2.20. The van der Waals surface area contributed by atoms with E-state index in [1.165, 1.54) is 11.3 Å². The number of carbonyl (C=O) groups is 2. The van der Waals surface area contributed by atoms with Gasteiger partial charge in [-0.2, -0.15) is 5.26 Å². The van der Waals surface area contributed by atoms with Crippen molar-refractivity contribution >= 4 is 66.8 Å². The quantitative estimate of drug-likeness (QED) is 0.0695. The summed E-state index contributed by atoms with van der Waals surface area (Å²) in [7, 11) is 1.93. The minimum atomic E-state index is -0.666. The average Bonchev–Trinajstić information content (AvgIpc) is 3.46. The fourth-order valence-corrected chi connectivity index (χ4v) is 5.87. The molecule has 0 atom stereocenters. The Bertz CT molecular complexity index is 1100. The van der Waals surface area contributed by atoms with Gasteiger partial charge in [0.2, 0.25) is 0 Å². The monoisotopic (exact) mass is 613 g/mol. The van der Waals surface area contributed by atoms with Crippen molar-refractivity contribution in [3.05, 3.63) is 22.6 Å². The molecule has 40 heavy (non-hydrogen) atoms. The molecular formula is C28H40ClN3O6S2. The standard InChI is InChI=1S/C28H40ClN3O6S2/c1-28(2,3)38-26(33)21(20-30)17-22-18-23-24(39-22)19-25(40-23)32(4)11-14-37-27(34)31-10-13-36-16-15-35-12-8-6-5-7-9-29/h17-19H,5-16H2,1-4H3,(H,31,34)/b21-17+. The summed E-state index contributed by atoms with van der Waals surface area (Å²) in [5, 5.41) is 13.1. The zero-order chi connectivity index (χ0) is 29.4. The lowest BCUT2D eigenvalue weighted by Gasteiger charge is -2.18. The van der Waals surface area contributed by atoms with Crippen LogP contribution in [-0.2, 0) is 23.7 Å². The second-order valence-corrected chi connectivity index (χ2v) is 12.5. The molecule has 1 amide bonds. The first-order chi connectivity index (χ1) is 19.1. The maximum atomic E-state index is 12.2. The van der Waals surface area contributed by atoms with Gasteiger partial charge in [-0.25, -0.2) is 9.59 Å². The van der Waals surface area contributed by atoms with Gasteiger partial charge in [-0.3, -0.25) is 0 Å². The predicted octanol–water partition coefficient (Wildman–Crippen LogP) is 6.21. The second-order valence-electron chi connectivity index (χ2n) is 9.95. The van der Waals surface area contributed by atoms with Gasteiger partial charge < -0.3 is 29.2 Å². The number of hydrogen-bond donors (Lipinski definition) is 1. The Morgan fingerprint density at radius 2 is 1.73 bits per heavy atom. The molecule has 2 heterocycles. The van der Waals surface area contributed by atoms with E-state index in [1.54, 1.807) is 38.2 Å². The molecule has 0 aliphatic rings. The summed E-state index contributed by atoms with van der Waals surface area (Å²) in [5.41, 5.74) is -0.696. The lowest BCUT2D eigenvalue weighted by molar-refractivity contribution is -0.149. The number of nitrogens with one attached hydrogen (secondary N) is 1. The van der Waals surface area contributed by atoms with Gasteiger partial charge in [0, 0.05) is 40.4 Å². The van der Waals surface area contributed by atoms with Crippen LogP contribution in [0.1, 0.15) is 51.3 Å². The van der Waals surface area contributed by atoms with Crippen molar-refractivity contribution in [3.63, 3.8) is 0 Å². The van der Waals surface area contributed by atoms with Gasteiger partial charge in [-0.1, -0.05) is 12.8 Å². The number of fused-ring (bicyclic) bond motifs is 1. The number of nitrogens with zero attached hydrogens (tertiary/aromatic N) is 2. The highest BCUT2D eigenvalue weighted by atomic mass is 35.5. The number of rotatable bonds is 18. The van der Waals surface area contributed by atoms with Crippen LogP contribution in [0.3, 0.4) is 0 Å². The smallest absolute Gasteiger partial charge is 0.407 e. The minimum absolute atomic E-state index is 0.0303. The molecule has 0 saturated heterocycles. The molecule has 0 spiro atoms. The van der Waals surface area contributed by atoms with Crippen LogP contribution in [0.4, 0.5) is 9.80 Å². The molecule has 0 radical (unpaired) electrons. The van der Waals surface area contributed by atoms with Crippen LogP contribution in [0.2, 0.25) is 0 Å². The molecule has 9 nitrogen and oxygen atoms in total. The maximum Gasteiger partial charge on any atom is 0.407 e. The van der Waals surface area contributed by atoms with Gasteiger partial charge in [0.25, 0.3) is 0 Å². The Morgan fingerprint density at radius 3 is 2.40 bits per heavy atom. The zero-order valence-electron chi connectivity index (χ0n) is 23.8. The summed E-state index contributed by atoms with van der Waals surface area (Å²) in [4.78, 5) is 27.0. The number of alkyl halides is 1. The van der Waals surface area contributed by atoms with Crippen LogP contribution in [0.5, 0.6) is 0 Å². The van der Waals surface area contributed by atoms with Crippen LogP contribution < -0.4 is 10.2 Å². The van der Waals surface area contributed by atoms with Gasteiger partial charge >= 0.3 is 12.1 Å². The van der Waals surface area contributed by atoms with E-state index < -0.39 is 17.7 Å². The first-order valence-electron chi connectivity index (χ1n) is 13.3. The highest BCUT2D eigenvalue weighted by molar-refractivity contribution is 7.30. The van der Waals surface area contributed by atoms with Crippen LogP contribution in [0.15, 0.2) is 17.7 Å². The first-order valence-corrected chi connectivity index (χ1v) is 15.5. The zero-order valence-corrected chi connectivity index (χ0v) is 26.1. The van der Waals surface area contributed by atoms with Gasteiger partial charge in [-0.15, -0.1) is 34.3 Å². The number of halogens is 1. The molecule has 0 fully saturated rings. The van der Waals surface area contributed by atoms with Crippen molar-refractivity contribution < 1.29 is 28.5 Å². The lowest BCUT2D eigenvalue weighted by Crippen LogP contribution is -2.31. The summed E-state index contributed by atoms with van der Waals surface area (Å²) >= 11 is 8.73. The normalized spacial score (nSPS) is 11.8. The van der Waals surface area contributed by atoms with Crippen molar-refractivity contribution in [2.75, 3.05) is 64.0 Å². The average molecular weight is 614 g/mol. The fraction of sp³-hybridized carbons (Fsp3) is 0.607. The predicted molar refractivity (Wildman–Crippen MR) is 163 cm³/mol. The number of unbranched alkanes of at least 4 members (excludes halogenated alkanes) is 3. The van der Waals surface area contributed by atoms with E-state index in [4.69, 9.17) is 30.5 Å². The van der Waals surface area contributed by atoms with Gasteiger partial charge in [-0.05, 0) is 51.8 Å². The van der Waals surface area contributed by atoms with Crippen LogP contribution in [0.25, 0.3) is 15.5 Å². The molecule has 2 aromatic heterocycles. The highest BCUT2D eigenvalue weighted by Crippen LogP contribution is 2.38. The molecule has 12 heteroatoms. The van der Waals surface area contributed by atoms with E-state index in [1.807, 2.05) is 30.1 Å². The molecule has 0 aliphatic heterocycles. The van der Waals surface area contributed by atoms with Crippen molar-refractivity contribution in [3.8, 4) is 6.07 Å². The summed E-state index contributed by atoms with van der Waals surface area (Å²) in [5.74, 6) is 0.0867. The summed E-state index contributed by atoms with van der Waals surface area (Å²) in [6.45, 7) is 8.58. The molecule has 1 N–H and O–H groups in total. The Hall–Kier alpha value is -2.36. The van der Waals surface area contributed by atoms with Crippen molar-refractivity contribution in [2.24, 2.45) is 0 Å². The number of alkyl carbamates (subject to hydrolysis) is 1. The second kappa shape index (κ2) is 18.1. The molecule has 0 saturated carbocycles. The van der Waals surface area contributed by atoms with Crippen molar-refractivity contribution in [1.29, 1.82) is 5.26 Å². The number of thiophene rings is 2. The summed E-state index contributed by atoms with van der Waals surface area (Å²) in [6.07, 6.45) is 5.43. The van der Waals surface area contributed by atoms with Crippen LogP contribution >= 0.6 is 34.3 Å².